The van der Waals surface area contributed by atoms with Crippen molar-refractivity contribution in [3.63, 3.8) is 0 Å². The average molecular weight is 310 g/mol. The van der Waals surface area contributed by atoms with Crippen molar-refractivity contribution in [3.8, 4) is 22.4 Å². The fourth-order valence-electron chi connectivity index (χ4n) is 2.20. The quantitative estimate of drug-likeness (QED) is 0.752. The Hall–Kier alpha value is -2.72. The molecular weight excluding hydrogens is 298 g/mol. The van der Waals surface area contributed by atoms with Gasteiger partial charge >= 0.3 is 0 Å². The van der Waals surface area contributed by atoms with Gasteiger partial charge in [-0.25, -0.2) is 9.97 Å². The summed E-state index contributed by atoms with van der Waals surface area (Å²) in [5.74, 6) is -0.456. The van der Waals surface area contributed by atoms with Crippen LogP contribution in [0.3, 0.4) is 0 Å². The lowest BCUT2D eigenvalue weighted by molar-refractivity contribution is 0.100. The van der Waals surface area contributed by atoms with Crippen LogP contribution in [0.1, 0.15) is 10.4 Å². The van der Waals surface area contributed by atoms with Gasteiger partial charge in [-0.3, -0.25) is 4.79 Å². The van der Waals surface area contributed by atoms with Crippen LogP contribution >= 0.6 is 11.6 Å². The van der Waals surface area contributed by atoms with Crippen LogP contribution in [-0.2, 0) is 0 Å². The monoisotopic (exact) mass is 309 g/mol. The Morgan fingerprint density at radius 3 is 2.27 bits per heavy atom. The molecule has 3 rings (SSSR count). The number of hydrogen-bond acceptors (Lipinski definition) is 3. The first-order chi connectivity index (χ1) is 10.6. The third kappa shape index (κ3) is 2.82. The van der Waals surface area contributed by atoms with Gasteiger partial charge in [0.2, 0.25) is 11.2 Å². The summed E-state index contributed by atoms with van der Waals surface area (Å²) in [7, 11) is 0. The van der Waals surface area contributed by atoms with E-state index in [4.69, 9.17) is 17.3 Å². The first-order valence-corrected chi connectivity index (χ1v) is 7.01. The van der Waals surface area contributed by atoms with Gasteiger partial charge in [0.05, 0.1) is 5.69 Å². The van der Waals surface area contributed by atoms with Crippen molar-refractivity contribution < 1.29 is 4.79 Å². The van der Waals surface area contributed by atoms with Gasteiger partial charge < -0.3 is 5.73 Å². The highest BCUT2D eigenvalue weighted by atomic mass is 35.5. The molecule has 5 heteroatoms. The molecule has 2 N–H and O–H groups in total. The predicted octanol–water partition coefficient (Wildman–Crippen LogP) is 3.56. The number of carbonyl (C=O) groups is 1. The van der Waals surface area contributed by atoms with Crippen molar-refractivity contribution in [2.75, 3.05) is 0 Å². The normalized spacial score (nSPS) is 10.4. The van der Waals surface area contributed by atoms with Crippen molar-refractivity contribution in [1.82, 2.24) is 9.97 Å². The molecule has 1 amide bonds. The lowest BCUT2D eigenvalue weighted by Gasteiger charge is -2.09. The zero-order valence-corrected chi connectivity index (χ0v) is 12.3. The van der Waals surface area contributed by atoms with Gasteiger partial charge in [-0.05, 0) is 29.3 Å². The van der Waals surface area contributed by atoms with Crippen molar-refractivity contribution in [1.29, 1.82) is 0 Å². The molecule has 0 fully saturated rings. The van der Waals surface area contributed by atoms with Gasteiger partial charge in [-0.1, -0.05) is 42.5 Å². The zero-order chi connectivity index (χ0) is 15.5. The molecule has 0 radical (unpaired) electrons. The minimum atomic E-state index is -0.456. The summed E-state index contributed by atoms with van der Waals surface area (Å²) < 4.78 is 0. The maximum absolute atomic E-state index is 11.2. The van der Waals surface area contributed by atoms with Crippen LogP contribution in [0.5, 0.6) is 0 Å². The second-order valence-electron chi connectivity index (χ2n) is 4.71. The highest BCUT2D eigenvalue weighted by molar-refractivity contribution is 6.28. The summed E-state index contributed by atoms with van der Waals surface area (Å²) in [4.78, 5) is 19.6. The van der Waals surface area contributed by atoms with Crippen LogP contribution < -0.4 is 5.73 Å². The molecule has 1 heterocycles. The molecule has 0 atom stereocenters. The number of primary amides is 1. The number of hydrogen-bond donors (Lipinski definition) is 1. The fraction of sp³-hybridized carbons (Fsp3) is 0. The second-order valence-corrected chi connectivity index (χ2v) is 5.05. The van der Waals surface area contributed by atoms with Crippen molar-refractivity contribution >= 4 is 17.5 Å². The summed E-state index contributed by atoms with van der Waals surface area (Å²) in [6.07, 6.45) is 1.68. The van der Waals surface area contributed by atoms with E-state index in [1.54, 1.807) is 18.3 Å². The van der Waals surface area contributed by atoms with Gasteiger partial charge in [0.25, 0.3) is 0 Å². The first-order valence-electron chi connectivity index (χ1n) is 6.63. The van der Waals surface area contributed by atoms with Crippen LogP contribution in [0, 0.1) is 0 Å². The summed E-state index contributed by atoms with van der Waals surface area (Å²) in [6, 6.07) is 16.7. The van der Waals surface area contributed by atoms with E-state index in [0.717, 1.165) is 22.4 Å². The molecule has 0 spiro atoms. The van der Waals surface area contributed by atoms with Crippen LogP contribution in [0.4, 0.5) is 0 Å². The van der Waals surface area contributed by atoms with E-state index in [-0.39, 0.29) is 5.28 Å². The van der Waals surface area contributed by atoms with Crippen molar-refractivity contribution in [2.45, 2.75) is 0 Å². The van der Waals surface area contributed by atoms with Crippen LogP contribution in [-0.4, -0.2) is 15.9 Å². The maximum atomic E-state index is 11.2. The summed E-state index contributed by atoms with van der Waals surface area (Å²) in [6.45, 7) is 0. The molecule has 0 aliphatic rings. The molecular formula is C17H12ClN3O. The van der Waals surface area contributed by atoms with Gasteiger partial charge in [-0.15, -0.1) is 0 Å². The molecule has 4 nitrogen and oxygen atoms in total. The SMILES string of the molecule is NC(=O)c1ccc(-c2cnc(Cl)nc2-c2ccccc2)cc1. The number of halogens is 1. The topological polar surface area (TPSA) is 68.9 Å². The Labute approximate surface area is 132 Å². The molecule has 0 aliphatic carbocycles. The lowest BCUT2D eigenvalue weighted by Crippen LogP contribution is -2.10. The smallest absolute Gasteiger partial charge is 0.248 e. The Morgan fingerprint density at radius 2 is 1.64 bits per heavy atom. The summed E-state index contributed by atoms with van der Waals surface area (Å²) in [5.41, 5.74) is 9.14. The minimum Gasteiger partial charge on any atom is -0.366 e. The molecule has 2 aromatic carbocycles. The van der Waals surface area contributed by atoms with Gasteiger partial charge in [0.1, 0.15) is 0 Å². The number of aromatic nitrogens is 2. The van der Waals surface area contributed by atoms with E-state index in [1.165, 1.54) is 0 Å². The maximum Gasteiger partial charge on any atom is 0.248 e. The molecule has 22 heavy (non-hydrogen) atoms. The fourth-order valence-corrected chi connectivity index (χ4v) is 2.33. The van der Waals surface area contributed by atoms with Crippen LogP contribution in [0.25, 0.3) is 22.4 Å². The summed E-state index contributed by atoms with van der Waals surface area (Å²) in [5, 5.41) is 0.191. The average Bonchev–Trinajstić information content (AvgIpc) is 2.56. The number of benzene rings is 2. The Kier molecular flexibility index (Phi) is 3.85. The largest absolute Gasteiger partial charge is 0.366 e. The van der Waals surface area contributed by atoms with Gasteiger partial charge in [-0.2, -0.15) is 0 Å². The number of rotatable bonds is 3. The van der Waals surface area contributed by atoms with E-state index >= 15 is 0 Å². The minimum absolute atomic E-state index is 0.191. The van der Waals surface area contributed by atoms with E-state index < -0.39 is 5.91 Å². The molecule has 1 aromatic heterocycles. The number of amides is 1. The van der Waals surface area contributed by atoms with E-state index in [0.29, 0.717) is 5.56 Å². The highest BCUT2D eigenvalue weighted by Gasteiger charge is 2.11. The van der Waals surface area contributed by atoms with E-state index in [1.807, 2.05) is 42.5 Å². The van der Waals surface area contributed by atoms with Gasteiger partial charge in [0.15, 0.2) is 0 Å². The molecule has 108 valence electrons. The first kappa shape index (κ1) is 14.2. The second kappa shape index (κ2) is 5.95. The van der Waals surface area contributed by atoms with Crippen molar-refractivity contribution in [3.05, 3.63) is 71.6 Å². The highest BCUT2D eigenvalue weighted by Crippen LogP contribution is 2.30. The molecule has 0 unspecified atom stereocenters. The van der Waals surface area contributed by atoms with E-state index in [2.05, 4.69) is 9.97 Å². The molecule has 3 aromatic rings. The molecule has 0 bridgehead atoms. The third-order valence-electron chi connectivity index (χ3n) is 3.29. The molecule has 0 saturated carbocycles. The third-order valence-corrected chi connectivity index (χ3v) is 3.47. The van der Waals surface area contributed by atoms with E-state index in [9.17, 15) is 4.79 Å². The standard InChI is InChI=1S/C17H12ClN3O/c18-17-20-10-14(11-6-8-13(9-7-11)16(19)22)15(21-17)12-4-2-1-3-5-12/h1-10H,(H2,19,22). The number of carbonyl (C=O) groups excluding carboxylic acids is 1. The van der Waals surface area contributed by atoms with Crippen LogP contribution in [0.2, 0.25) is 5.28 Å². The van der Waals surface area contributed by atoms with Gasteiger partial charge in [0, 0.05) is 22.9 Å². The lowest BCUT2D eigenvalue weighted by atomic mass is 10.00. The number of nitrogens with two attached hydrogens (primary N) is 1. The van der Waals surface area contributed by atoms with Crippen LogP contribution in [0.15, 0.2) is 60.8 Å². The Morgan fingerprint density at radius 1 is 0.955 bits per heavy atom. The Bertz CT molecular complexity index is 817. The zero-order valence-electron chi connectivity index (χ0n) is 11.5. The molecule has 0 aliphatic heterocycles. The molecule has 0 saturated heterocycles. The van der Waals surface area contributed by atoms with Crippen molar-refractivity contribution in [2.24, 2.45) is 5.73 Å². The number of nitrogens with zero attached hydrogens (tertiary/aromatic N) is 2. The Balaban J connectivity index is 2.13. The predicted molar refractivity (Wildman–Crippen MR) is 86.4 cm³/mol. The summed E-state index contributed by atoms with van der Waals surface area (Å²) >= 11 is 5.94.